The maximum absolute atomic E-state index is 12.8. The van der Waals surface area contributed by atoms with Crippen molar-refractivity contribution in [3.05, 3.63) is 36.4 Å². The quantitative estimate of drug-likeness (QED) is 0.719. The number of fused-ring (bicyclic) bond motifs is 1. The number of rotatable bonds is 2. The van der Waals surface area contributed by atoms with Crippen LogP contribution in [0.15, 0.2) is 30.6 Å². The molecule has 0 radical (unpaired) electrons. The Bertz CT molecular complexity index is 694. The first-order chi connectivity index (χ1) is 8.72. The van der Waals surface area contributed by atoms with E-state index >= 15 is 0 Å². The number of halogens is 1. The molecule has 0 saturated heterocycles. The van der Waals surface area contributed by atoms with Gasteiger partial charge in [0.1, 0.15) is 17.1 Å². The molecule has 3 rings (SSSR count). The predicted molar refractivity (Wildman–Crippen MR) is 62.6 cm³/mol. The van der Waals surface area contributed by atoms with E-state index in [2.05, 4.69) is 19.9 Å². The maximum Gasteiger partial charge on any atom is 0.250 e. The number of benzene rings is 1. The van der Waals surface area contributed by atoms with E-state index < -0.39 is 0 Å². The monoisotopic (exact) mass is 245 g/mol. The third-order valence-electron chi connectivity index (χ3n) is 2.30. The van der Waals surface area contributed by atoms with E-state index in [4.69, 9.17) is 10.5 Å². The molecule has 0 aliphatic carbocycles. The van der Waals surface area contributed by atoms with Crippen LogP contribution in [0.25, 0.3) is 11.2 Å². The molecular formula is C11H8FN5O. The van der Waals surface area contributed by atoms with Gasteiger partial charge in [0.15, 0.2) is 5.65 Å². The zero-order chi connectivity index (χ0) is 12.5. The Kier molecular flexibility index (Phi) is 2.30. The normalized spacial score (nSPS) is 10.7. The molecule has 6 nitrogen and oxygen atoms in total. The lowest BCUT2D eigenvalue weighted by atomic mass is 10.3. The lowest BCUT2D eigenvalue weighted by Gasteiger charge is -2.05. The van der Waals surface area contributed by atoms with Crippen molar-refractivity contribution in [1.29, 1.82) is 0 Å². The van der Waals surface area contributed by atoms with Crippen molar-refractivity contribution in [3.63, 3.8) is 0 Å². The van der Waals surface area contributed by atoms with Crippen LogP contribution in [0.3, 0.4) is 0 Å². The van der Waals surface area contributed by atoms with Crippen LogP contribution in [0.1, 0.15) is 0 Å². The van der Waals surface area contributed by atoms with Crippen molar-refractivity contribution in [1.82, 2.24) is 19.9 Å². The van der Waals surface area contributed by atoms with Crippen LogP contribution >= 0.6 is 0 Å². The summed E-state index contributed by atoms with van der Waals surface area (Å²) in [6.07, 6.45) is 1.47. The van der Waals surface area contributed by atoms with Crippen molar-refractivity contribution < 1.29 is 9.13 Å². The van der Waals surface area contributed by atoms with Crippen LogP contribution in [0.4, 0.5) is 10.3 Å². The van der Waals surface area contributed by atoms with Crippen molar-refractivity contribution in [2.24, 2.45) is 0 Å². The topological polar surface area (TPSA) is 89.7 Å². The van der Waals surface area contributed by atoms with E-state index in [-0.39, 0.29) is 17.6 Å². The van der Waals surface area contributed by atoms with Gasteiger partial charge in [0.25, 0.3) is 5.88 Å². The zero-order valence-electron chi connectivity index (χ0n) is 9.09. The summed E-state index contributed by atoms with van der Waals surface area (Å²) in [6.45, 7) is 0. The fourth-order valence-corrected chi connectivity index (χ4v) is 1.51. The highest BCUT2D eigenvalue weighted by molar-refractivity contribution is 5.77. The minimum atomic E-state index is -0.337. The Morgan fingerprint density at radius 3 is 2.72 bits per heavy atom. The van der Waals surface area contributed by atoms with Gasteiger partial charge in [-0.1, -0.05) is 0 Å². The number of H-pyrrole nitrogens is 1. The van der Waals surface area contributed by atoms with Crippen LogP contribution < -0.4 is 10.5 Å². The van der Waals surface area contributed by atoms with Gasteiger partial charge < -0.3 is 15.5 Å². The van der Waals surface area contributed by atoms with Crippen LogP contribution in [-0.4, -0.2) is 19.9 Å². The highest BCUT2D eigenvalue weighted by Crippen LogP contribution is 2.25. The summed E-state index contributed by atoms with van der Waals surface area (Å²) < 4.78 is 18.3. The van der Waals surface area contributed by atoms with Gasteiger partial charge in [0.05, 0.1) is 6.33 Å². The molecule has 7 heteroatoms. The molecule has 18 heavy (non-hydrogen) atoms. The lowest BCUT2D eigenvalue weighted by molar-refractivity contribution is 0.466. The number of nitrogens with one attached hydrogen (secondary N) is 1. The second kappa shape index (κ2) is 3.95. The number of nitrogens with zero attached hydrogens (tertiary/aromatic N) is 3. The molecule has 3 aromatic rings. The fourth-order valence-electron chi connectivity index (χ4n) is 1.51. The van der Waals surface area contributed by atoms with Crippen LogP contribution in [0, 0.1) is 5.82 Å². The Morgan fingerprint density at radius 2 is 1.94 bits per heavy atom. The summed E-state index contributed by atoms with van der Waals surface area (Å²) in [7, 11) is 0. The summed E-state index contributed by atoms with van der Waals surface area (Å²) in [5, 5.41) is 0. The average molecular weight is 245 g/mol. The van der Waals surface area contributed by atoms with Crippen molar-refractivity contribution in [2.45, 2.75) is 0 Å². The molecule has 1 aromatic carbocycles. The number of aromatic nitrogens is 4. The summed E-state index contributed by atoms with van der Waals surface area (Å²) in [4.78, 5) is 14.7. The van der Waals surface area contributed by atoms with E-state index in [1.165, 1.54) is 30.6 Å². The highest BCUT2D eigenvalue weighted by atomic mass is 19.1. The summed E-state index contributed by atoms with van der Waals surface area (Å²) >= 11 is 0. The molecule has 0 saturated carbocycles. The number of anilines is 1. The number of hydrogen-bond donors (Lipinski definition) is 2. The van der Waals surface area contributed by atoms with Crippen molar-refractivity contribution in [3.8, 4) is 11.6 Å². The van der Waals surface area contributed by atoms with Gasteiger partial charge >= 0.3 is 0 Å². The summed E-state index contributed by atoms with van der Waals surface area (Å²) in [5.41, 5.74) is 6.50. The minimum absolute atomic E-state index is 0.0618. The zero-order valence-corrected chi connectivity index (χ0v) is 9.09. The van der Waals surface area contributed by atoms with Gasteiger partial charge in [-0.2, -0.15) is 9.97 Å². The Hall–Kier alpha value is -2.70. The number of imidazole rings is 1. The van der Waals surface area contributed by atoms with Crippen molar-refractivity contribution >= 4 is 17.1 Å². The van der Waals surface area contributed by atoms with E-state index in [0.29, 0.717) is 16.9 Å². The Balaban J connectivity index is 2.03. The third-order valence-corrected chi connectivity index (χ3v) is 2.30. The number of nitrogens with two attached hydrogens (primary N) is 1. The predicted octanol–water partition coefficient (Wildman–Crippen LogP) is 1.87. The Morgan fingerprint density at radius 1 is 1.17 bits per heavy atom. The lowest BCUT2D eigenvalue weighted by Crippen LogP contribution is -1.98. The SMILES string of the molecule is Nc1nc(Oc2ccc(F)cc2)c2[nH]cnc2n1. The fraction of sp³-hybridized carbons (Fsp3) is 0. The second-order valence-electron chi connectivity index (χ2n) is 3.54. The molecule has 0 unspecified atom stereocenters. The molecule has 0 bridgehead atoms. The first-order valence-corrected chi connectivity index (χ1v) is 5.12. The average Bonchev–Trinajstić information content (AvgIpc) is 2.80. The number of nitrogen functional groups attached to an aromatic ring is 1. The molecule has 0 aliphatic heterocycles. The first kappa shape index (κ1) is 10.5. The minimum Gasteiger partial charge on any atom is -0.437 e. The molecule has 0 atom stereocenters. The standard InChI is InChI=1S/C11H8FN5O/c12-6-1-3-7(4-2-6)18-10-8-9(15-5-14-8)16-11(13)17-10/h1-5H,(H3,13,14,15,16,17). The first-order valence-electron chi connectivity index (χ1n) is 5.12. The molecule has 2 heterocycles. The van der Waals surface area contributed by atoms with E-state index in [9.17, 15) is 4.39 Å². The van der Waals surface area contributed by atoms with Crippen LogP contribution in [-0.2, 0) is 0 Å². The smallest absolute Gasteiger partial charge is 0.250 e. The van der Waals surface area contributed by atoms with Gasteiger partial charge in [0.2, 0.25) is 5.95 Å². The summed E-state index contributed by atoms with van der Waals surface area (Å²) in [5.74, 6) is 0.426. The van der Waals surface area contributed by atoms with E-state index in [1.54, 1.807) is 0 Å². The second-order valence-corrected chi connectivity index (χ2v) is 3.54. The molecular weight excluding hydrogens is 237 g/mol. The largest absolute Gasteiger partial charge is 0.437 e. The Labute approximate surface area is 101 Å². The van der Waals surface area contributed by atoms with E-state index in [1.807, 2.05) is 0 Å². The molecule has 3 N–H and O–H groups in total. The molecule has 0 aliphatic rings. The molecule has 2 aromatic heterocycles. The third kappa shape index (κ3) is 1.81. The maximum atomic E-state index is 12.8. The van der Waals surface area contributed by atoms with Gasteiger partial charge in [-0.15, -0.1) is 0 Å². The van der Waals surface area contributed by atoms with Gasteiger partial charge in [-0.05, 0) is 24.3 Å². The van der Waals surface area contributed by atoms with Gasteiger partial charge in [-0.25, -0.2) is 9.37 Å². The molecule has 0 fully saturated rings. The number of aromatic amines is 1. The van der Waals surface area contributed by atoms with E-state index in [0.717, 1.165) is 0 Å². The molecule has 90 valence electrons. The van der Waals surface area contributed by atoms with Gasteiger partial charge in [-0.3, -0.25) is 0 Å². The number of hydrogen-bond acceptors (Lipinski definition) is 5. The highest BCUT2D eigenvalue weighted by Gasteiger charge is 2.10. The van der Waals surface area contributed by atoms with Crippen molar-refractivity contribution in [2.75, 3.05) is 5.73 Å². The number of ether oxygens (including phenoxy) is 1. The summed E-state index contributed by atoms with van der Waals surface area (Å²) in [6, 6.07) is 5.58. The molecule has 0 spiro atoms. The van der Waals surface area contributed by atoms with Gasteiger partial charge in [0, 0.05) is 0 Å². The van der Waals surface area contributed by atoms with Crippen LogP contribution in [0.5, 0.6) is 11.6 Å². The van der Waals surface area contributed by atoms with Crippen LogP contribution in [0.2, 0.25) is 0 Å². The molecule has 0 amide bonds.